The fraction of sp³-hybridized carbons (Fsp3) is 0.429. The molecule has 0 radical (unpaired) electrons. The van der Waals surface area contributed by atoms with Gasteiger partial charge in [0.2, 0.25) is 0 Å². The maximum Gasteiger partial charge on any atom is 0.335 e. The SMILES string of the molecule is Cc1ccc(C(=O)O)cc1NC(=O)N1CCSC(C)C1. The van der Waals surface area contributed by atoms with Crippen LogP contribution in [0.25, 0.3) is 0 Å². The molecule has 20 heavy (non-hydrogen) atoms. The topological polar surface area (TPSA) is 69.6 Å². The maximum absolute atomic E-state index is 12.2. The van der Waals surface area contributed by atoms with Crippen LogP contribution >= 0.6 is 11.8 Å². The van der Waals surface area contributed by atoms with Crippen molar-refractivity contribution >= 4 is 29.4 Å². The molecule has 2 amide bonds. The molecule has 5 nitrogen and oxygen atoms in total. The van der Waals surface area contributed by atoms with Crippen LogP contribution in [0.3, 0.4) is 0 Å². The van der Waals surface area contributed by atoms with E-state index in [-0.39, 0.29) is 11.6 Å². The number of anilines is 1. The Bertz CT molecular complexity index is 533. The lowest BCUT2D eigenvalue weighted by Crippen LogP contribution is -2.43. The molecule has 2 N–H and O–H groups in total. The summed E-state index contributed by atoms with van der Waals surface area (Å²) in [4.78, 5) is 24.9. The minimum Gasteiger partial charge on any atom is -0.478 e. The molecule has 6 heteroatoms. The van der Waals surface area contributed by atoms with E-state index < -0.39 is 5.97 Å². The van der Waals surface area contributed by atoms with Crippen molar-refractivity contribution in [3.8, 4) is 0 Å². The van der Waals surface area contributed by atoms with E-state index in [2.05, 4.69) is 12.2 Å². The molecule has 1 aromatic carbocycles. The first-order valence-corrected chi connectivity index (χ1v) is 7.53. The Morgan fingerprint density at radius 1 is 1.45 bits per heavy atom. The lowest BCUT2D eigenvalue weighted by atomic mass is 10.1. The fourth-order valence-corrected chi connectivity index (χ4v) is 3.10. The average molecular weight is 294 g/mol. The zero-order valence-corrected chi connectivity index (χ0v) is 12.4. The molecule has 2 rings (SSSR count). The quantitative estimate of drug-likeness (QED) is 0.880. The Morgan fingerprint density at radius 2 is 2.20 bits per heavy atom. The molecule has 108 valence electrons. The van der Waals surface area contributed by atoms with Gasteiger partial charge in [0.05, 0.1) is 5.56 Å². The van der Waals surface area contributed by atoms with Gasteiger partial charge in [0, 0.05) is 29.8 Å². The van der Waals surface area contributed by atoms with E-state index in [9.17, 15) is 9.59 Å². The number of carboxylic acid groups (broad SMARTS) is 1. The molecule has 1 atom stereocenters. The number of amides is 2. The number of carboxylic acids is 1. The highest BCUT2D eigenvalue weighted by Gasteiger charge is 2.21. The number of nitrogens with one attached hydrogen (secondary N) is 1. The molecule has 1 aliphatic rings. The lowest BCUT2D eigenvalue weighted by molar-refractivity contribution is 0.0697. The molecule has 0 saturated carbocycles. The molecule has 1 saturated heterocycles. The molecular weight excluding hydrogens is 276 g/mol. The Balaban J connectivity index is 2.10. The summed E-state index contributed by atoms with van der Waals surface area (Å²) in [6.45, 7) is 5.38. The first-order valence-electron chi connectivity index (χ1n) is 6.49. The summed E-state index contributed by atoms with van der Waals surface area (Å²) in [7, 11) is 0. The van der Waals surface area contributed by atoms with Crippen LogP contribution in [-0.2, 0) is 0 Å². The minimum atomic E-state index is -0.997. The lowest BCUT2D eigenvalue weighted by Gasteiger charge is -2.30. The molecule has 1 unspecified atom stereocenters. The van der Waals surface area contributed by atoms with Crippen LogP contribution in [-0.4, -0.2) is 46.1 Å². The van der Waals surface area contributed by atoms with E-state index in [1.54, 1.807) is 11.0 Å². The van der Waals surface area contributed by atoms with Gasteiger partial charge in [-0.25, -0.2) is 9.59 Å². The molecule has 1 aromatic rings. The molecular formula is C14H18N2O3S. The van der Waals surface area contributed by atoms with Crippen molar-refractivity contribution in [1.29, 1.82) is 0 Å². The smallest absolute Gasteiger partial charge is 0.335 e. The number of hydrogen-bond donors (Lipinski definition) is 2. The van der Waals surface area contributed by atoms with E-state index >= 15 is 0 Å². The third-order valence-electron chi connectivity index (χ3n) is 3.25. The van der Waals surface area contributed by atoms with Crippen LogP contribution < -0.4 is 5.32 Å². The molecule has 1 aliphatic heterocycles. The van der Waals surface area contributed by atoms with Gasteiger partial charge in [-0.15, -0.1) is 0 Å². The molecule has 1 fully saturated rings. The number of hydrogen-bond acceptors (Lipinski definition) is 3. The number of thioether (sulfide) groups is 1. The molecule has 0 aliphatic carbocycles. The molecule has 0 aromatic heterocycles. The van der Waals surface area contributed by atoms with Crippen molar-refractivity contribution in [1.82, 2.24) is 4.90 Å². The van der Waals surface area contributed by atoms with Gasteiger partial charge in [-0.2, -0.15) is 11.8 Å². The number of carbonyl (C=O) groups excluding carboxylic acids is 1. The predicted molar refractivity (Wildman–Crippen MR) is 80.7 cm³/mol. The van der Waals surface area contributed by atoms with E-state index in [0.717, 1.165) is 17.9 Å². The highest BCUT2D eigenvalue weighted by atomic mass is 32.2. The largest absolute Gasteiger partial charge is 0.478 e. The van der Waals surface area contributed by atoms with Crippen molar-refractivity contribution in [2.45, 2.75) is 19.1 Å². The van der Waals surface area contributed by atoms with Gasteiger partial charge in [-0.05, 0) is 24.6 Å². The molecule has 0 spiro atoms. The average Bonchev–Trinajstić information content (AvgIpc) is 2.41. The maximum atomic E-state index is 12.2. The second-order valence-electron chi connectivity index (χ2n) is 4.89. The monoisotopic (exact) mass is 294 g/mol. The van der Waals surface area contributed by atoms with Gasteiger partial charge < -0.3 is 15.3 Å². The number of carbonyl (C=O) groups is 2. The number of benzene rings is 1. The predicted octanol–water partition coefficient (Wildman–Crippen LogP) is 2.66. The Hall–Kier alpha value is -1.69. The van der Waals surface area contributed by atoms with Gasteiger partial charge in [0.25, 0.3) is 0 Å². The van der Waals surface area contributed by atoms with Crippen LogP contribution in [0.4, 0.5) is 10.5 Å². The van der Waals surface area contributed by atoms with E-state index in [4.69, 9.17) is 5.11 Å². The minimum absolute atomic E-state index is 0.164. The molecule has 0 bridgehead atoms. The summed E-state index contributed by atoms with van der Waals surface area (Å²) in [5.41, 5.74) is 1.58. The Morgan fingerprint density at radius 3 is 2.85 bits per heavy atom. The number of nitrogens with zero attached hydrogens (tertiary/aromatic N) is 1. The number of aromatic carboxylic acids is 1. The first kappa shape index (κ1) is 14.7. The van der Waals surface area contributed by atoms with Crippen molar-refractivity contribution in [3.05, 3.63) is 29.3 Å². The zero-order chi connectivity index (χ0) is 14.7. The van der Waals surface area contributed by atoms with Gasteiger partial charge in [0.1, 0.15) is 0 Å². The second-order valence-corrected chi connectivity index (χ2v) is 6.44. The van der Waals surface area contributed by atoms with Gasteiger partial charge in [0.15, 0.2) is 0 Å². The number of rotatable bonds is 2. The van der Waals surface area contributed by atoms with Crippen LogP contribution in [0.5, 0.6) is 0 Å². The van der Waals surface area contributed by atoms with E-state index in [0.29, 0.717) is 17.5 Å². The standard InChI is InChI=1S/C14H18N2O3S/c1-9-3-4-11(13(17)18)7-12(9)15-14(19)16-5-6-20-10(2)8-16/h3-4,7,10H,5-6,8H2,1-2H3,(H,15,19)(H,17,18). The third kappa shape index (κ3) is 3.45. The van der Waals surface area contributed by atoms with Crippen molar-refractivity contribution < 1.29 is 14.7 Å². The summed E-state index contributed by atoms with van der Waals surface area (Å²) in [5, 5.41) is 12.2. The molecule has 1 heterocycles. The van der Waals surface area contributed by atoms with E-state index in [1.807, 2.05) is 18.7 Å². The normalized spacial score (nSPS) is 18.7. The second kappa shape index (κ2) is 6.17. The number of urea groups is 1. The van der Waals surface area contributed by atoms with Crippen molar-refractivity contribution in [2.75, 3.05) is 24.2 Å². The third-order valence-corrected chi connectivity index (χ3v) is 4.39. The summed E-state index contributed by atoms with van der Waals surface area (Å²) in [6, 6.07) is 4.57. The van der Waals surface area contributed by atoms with Crippen molar-refractivity contribution in [2.24, 2.45) is 0 Å². The van der Waals surface area contributed by atoms with Gasteiger partial charge in [-0.3, -0.25) is 0 Å². The summed E-state index contributed by atoms with van der Waals surface area (Å²) in [6.07, 6.45) is 0. The zero-order valence-electron chi connectivity index (χ0n) is 11.5. The summed E-state index contributed by atoms with van der Waals surface area (Å²) >= 11 is 1.86. The summed E-state index contributed by atoms with van der Waals surface area (Å²) < 4.78 is 0. The van der Waals surface area contributed by atoms with E-state index in [1.165, 1.54) is 12.1 Å². The number of aryl methyl sites for hydroxylation is 1. The Kier molecular flexibility index (Phi) is 4.54. The highest BCUT2D eigenvalue weighted by Crippen LogP contribution is 2.21. The van der Waals surface area contributed by atoms with Crippen LogP contribution in [0.2, 0.25) is 0 Å². The Labute approximate surface area is 122 Å². The van der Waals surface area contributed by atoms with Crippen LogP contribution in [0.15, 0.2) is 18.2 Å². The highest BCUT2D eigenvalue weighted by molar-refractivity contribution is 7.99. The summed E-state index contributed by atoms with van der Waals surface area (Å²) in [5.74, 6) is -0.0635. The van der Waals surface area contributed by atoms with Crippen molar-refractivity contribution in [3.63, 3.8) is 0 Å². The van der Waals surface area contributed by atoms with Gasteiger partial charge >= 0.3 is 12.0 Å². The van der Waals surface area contributed by atoms with Crippen LogP contribution in [0.1, 0.15) is 22.8 Å². The van der Waals surface area contributed by atoms with Gasteiger partial charge in [-0.1, -0.05) is 13.0 Å². The fourth-order valence-electron chi connectivity index (χ4n) is 2.09. The first-order chi connectivity index (χ1) is 9.47. The van der Waals surface area contributed by atoms with Crippen LogP contribution in [0, 0.1) is 6.92 Å².